The molecule has 0 amide bonds. The topological polar surface area (TPSA) is 37.3 Å². The third kappa shape index (κ3) is 1.35. The van der Waals surface area contributed by atoms with Crippen LogP contribution in [0.3, 0.4) is 0 Å². The average Bonchev–Trinajstić information content (AvgIpc) is 2.42. The summed E-state index contributed by atoms with van der Waals surface area (Å²) in [5.41, 5.74) is 2.89. The molecule has 0 fully saturated rings. The van der Waals surface area contributed by atoms with Gasteiger partial charge in [0.2, 0.25) is 0 Å². The molecule has 0 bridgehead atoms. The Morgan fingerprint density at radius 3 is 2.71 bits per heavy atom. The number of hydrogen-bond acceptors (Lipinski definition) is 1. The maximum absolute atomic E-state index is 11.7. The Balaban J connectivity index is 2.76. The van der Waals surface area contributed by atoms with E-state index in [4.69, 9.17) is 0 Å². The Bertz CT molecular complexity index is 520. The lowest BCUT2D eigenvalue weighted by molar-refractivity contribution is 0.844. The highest BCUT2D eigenvalue weighted by Crippen LogP contribution is 2.11. The predicted molar refractivity (Wildman–Crippen MR) is 56.8 cm³/mol. The zero-order valence-electron chi connectivity index (χ0n) is 8.66. The molecule has 0 aliphatic rings. The summed E-state index contributed by atoms with van der Waals surface area (Å²) in [5, 5.41) is 0. The normalized spacial score (nSPS) is 11.4. The molecule has 1 N–H and O–H groups in total. The highest BCUT2D eigenvalue weighted by atomic mass is 16.1. The zero-order chi connectivity index (χ0) is 10.3. The lowest BCUT2D eigenvalue weighted by Gasteiger charge is -2.03. The Labute approximate surface area is 82.4 Å². The fraction of sp³-hybridized carbons (Fsp3) is 0.364. The number of nitrogens with one attached hydrogen (secondary N) is 1. The summed E-state index contributed by atoms with van der Waals surface area (Å²) in [6.45, 7) is 6.04. The van der Waals surface area contributed by atoms with Crippen molar-refractivity contribution in [2.75, 3.05) is 0 Å². The fourth-order valence-electron chi connectivity index (χ4n) is 1.65. The molecule has 14 heavy (non-hydrogen) atoms. The number of H-pyrrole nitrogens is 1. The van der Waals surface area contributed by atoms with Crippen LogP contribution in [-0.2, 0) is 0 Å². The van der Waals surface area contributed by atoms with Gasteiger partial charge < -0.3 is 9.38 Å². The third-order valence-corrected chi connectivity index (χ3v) is 2.39. The maximum Gasteiger partial charge on any atom is 0.187 e. The minimum absolute atomic E-state index is 0.113. The Morgan fingerprint density at radius 1 is 1.36 bits per heavy atom. The number of nitrogens with zero attached hydrogens (tertiary/aromatic N) is 1. The van der Waals surface area contributed by atoms with E-state index in [1.54, 1.807) is 6.07 Å². The minimum atomic E-state index is 0.113. The number of fused-ring (bicyclic) bond motifs is 1. The van der Waals surface area contributed by atoms with E-state index in [2.05, 4.69) is 4.98 Å². The van der Waals surface area contributed by atoms with Crippen LogP contribution in [0.5, 0.6) is 0 Å². The molecule has 2 aromatic rings. The van der Waals surface area contributed by atoms with Gasteiger partial charge in [0, 0.05) is 29.7 Å². The van der Waals surface area contributed by atoms with Gasteiger partial charge in [0.05, 0.1) is 0 Å². The number of pyridine rings is 1. The third-order valence-electron chi connectivity index (χ3n) is 2.39. The van der Waals surface area contributed by atoms with Crippen molar-refractivity contribution in [3.8, 4) is 0 Å². The van der Waals surface area contributed by atoms with Crippen molar-refractivity contribution in [3.05, 3.63) is 39.9 Å². The van der Waals surface area contributed by atoms with E-state index in [1.165, 1.54) is 0 Å². The second-order valence-electron chi connectivity index (χ2n) is 3.98. The Kier molecular flexibility index (Phi) is 1.95. The van der Waals surface area contributed by atoms with Crippen LogP contribution in [0.4, 0.5) is 0 Å². The van der Waals surface area contributed by atoms with Crippen LogP contribution in [0.1, 0.15) is 31.0 Å². The highest BCUT2D eigenvalue weighted by Gasteiger charge is 2.06. The van der Waals surface area contributed by atoms with Crippen LogP contribution >= 0.6 is 0 Å². The van der Waals surface area contributed by atoms with Crippen LogP contribution in [0.15, 0.2) is 23.3 Å². The summed E-state index contributed by atoms with van der Waals surface area (Å²) >= 11 is 0. The smallest absolute Gasteiger partial charge is 0.187 e. The molecule has 0 saturated heterocycles. The van der Waals surface area contributed by atoms with E-state index < -0.39 is 0 Å². The lowest BCUT2D eigenvalue weighted by atomic mass is 10.1. The van der Waals surface area contributed by atoms with Crippen LogP contribution in [0.2, 0.25) is 0 Å². The molecule has 2 rings (SSSR count). The first-order valence-electron chi connectivity index (χ1n) is 4.79. The van der Waals surface area contributed by atoms with E-state index in [9.17, 15) is 4.79 Å². The van der Waals surface area contributed by atoms with Gasteiger partial charge in [-0.05, 0) is 12.8 Å². The van der Waals surface area contributed by atoms with Gasteiger partial charge in [0.1, 0.15) is 5.65 Å². The molecule has 0 radical (unpaired) electrons. The van der Waals surface area contributed by atoms with Gasteiger partial charge in [0.25, 0.3) is 0 Å². The van der Waals surface area contributed by atoms with E-state index in [1.807, 2.05) is 37.6 Å². The quantitative estimate of drug-likeness (QED) is 0.734. The summed E-state index contributed by atoms with van der Waals surface area (Å²) in [7, 11) is 0. The van der Waals surface area contributed by atoms with Crippen molar-refractivity contribution >= 4 is 5.65 Å². The molecule has 0 spiro atoms. The summed E-state index contributed by atoms with van der Waals surface area (Å²) in [6, 6.07) is 1.66. The molecule has 3 nitrogen and oxygen atoms in total. The number of hydrogen-bond donors (Lipinski definition) is 1. The van der Waals surface area contributed by atoms with Crippen LogP contribution in [-0.4, -0.2) is 9.38 Å². The largest absolute Gasteiger partial charge is 0.344 e. The van der Waals surface area contributed by atoms with Crippen LogP contribution in [0.25, 0.3) is 5.65 Å². The second-order valence-corrected chi connectivity index (χ2v) is 3.98. The van der Waals surface area contributed by atoms with Gasteiger partial charge in [-0.3, -0.25) is 4.79 Å². The van der Waals surface area contributed by atoms with Gasteiger partial charge in [-0.15, -0.1) is 0 Å². The number of aromatic amines is 1. The van der Waals surface area contributed by atoms with Gasteiger partial charge in [-0.2, -0.15) is 0 Å². The highest BCUT2D eigenvalue weighted by molar-refractivity contribution is 5.41. The lowest BCUT2D eigenvalue weighted by Crippen LogP contribution is -2.10. The van der Waals surface area contributed by atoms with Crippen molar-refractivity contribution in [1.82, 2.24) is 9.38 Å². The molecule has 2 heterocycles. The predicted octanol–water partition coefficient (Wildman–Crippen LogP) is 2.06. The van der Waals surface area contributed by atoms with Gasteiger partial charge >= 0.3 is 0 Å². The van der Waals surface area contributed by atoms with Crippen molar-refractivity contribution in [1.29, 1.82) is 0 Å². The van der Waals surface area contributed by atoms with E-state index in [0.717, 1.165) is 16.9 Å². The summed E-state index contributed by atoms with van der Waals surface area (Å²) in [6.07, 6.45) is 3.90. The zero-order valence-corrected chi connectivity index (χ0v) is 8.66. The molecular weight excluding hydrogens is 176 g/mol. The minimum Gasteiger partial charge on any atom is -0.344 e. The molecule has 0 atom stereocenters. The number of imidazole rings is 1. The van der Waals surface area contributed by atoms with Gasteiger partial charge in [-0.25, -0.2) is 0 Å². The Hall–Kier alpha value is -1.51. The van der Waals surface area contributed by atoms with Crippen molar-refractivity contribution in [3.63, 3.8) is 0 Å². The first-order valence-corrected chi connectivity index (χ1v) is 4.79. The number of rotatable bonds is 1. The molecule has 74 valence electrons. The molecule has 0 aliphatic heterocycles. The molecule has 0 saturated carbocycles. The molecule has 0 aliphatic carbocycles. The summed E-state index contributed by atoms with van der Waals surface area (Å²) in [4.78, 5) is 14.8. The first-order chi connectivity index (χ1) is 6.58. The van der Waals surface area contributed by atoms with E-state index in [0.29, 0.717) is 0 Å². The second kappa shape index (κ2) is 3.01. The fourth-order valence-corrected chi connectivity index (χ4v) is 1.65. The van der Waals surface area contributed by atoms with Crippen molar-refractivity contribution in [2.45, 2.75) is 26.7 Å². The molecule has 0 unspecified atom stereocenters. The summed E-state index contributed by atoms with van der Waals surface area (Å²) < 4.78 is 1.96. The SMILES string of the molecule is Cc1cn2cc(C(C)C)c(=O)cc2[nH]1. The number of aryl methyl sites for hydroxylation is 1. The average molecular weight is 190 g/mol. The molecule has 2 aromatic heterocycles. The summed E-state index contributed by atoms with van der Waals surface area (Å²) in [5.74, 6) is 0.273. The van der Waals surface area contributed by atoms with Gasteiger partial charge in [-0.1, -0.05) is 13.8 Å². The molecule has 3 heteroatoms. The Morgan fingerprint density at radius 2 is 2.07 bits per heavy atom. The molecular formula is C11H14N2O. The van der Waals surface area contributed by atoms with Gasteiger partial charge in [0.15, 0.2) is 5.43 Å². The molecule has 0 aromatic carbocycles. The maximum atomic E-state index is 11.7. The van der Waals surface area contributed by atoms with E-state index in [-0.39, 0.29) is 11.3 Å². The van der Waals surface area contributed by atoms with Crippen molar-refractivity contribution in [2.24, 2.45) is 0 Å². The van der Waals surface area contributed by atoms with E-state index >= 15 is 0 Å². The van der Waals surface area contributed by atoms with Crippen molar-refractivity contribution < 1.29 is 0 Å². The first kappa shape index (κ1) is 9.06. The monoisotopic (exact) mass is 190 g/mol. The van der Waals surface area contributed by atoms with Crippen LogP contribution in [0, 0.1) is 6.92 Å². The van der Waals surface area contributed by atoms with Crippen LogP contribution < -0.4 is 5.43 Å². The number of aromatic nitrogens is 2. The standard InChI is InChI=1S/C11H14N2O/c1-7(2)9-6-13-5-8(3)12-11(13)4-10(9)14/h4-7,12H,1-3H3.